The second-order valence-corrected chi connectivity index (χ2v) is 32.3. The standard InChI is InChI=1S/C25H32O4.C23H28O3.C22H26O4.C21H24O3/c1-5-13-27-19-8-9-20(23(15-19)26-6-2)18-14-17-7-10-22-21(24(17)28-16-18)11-12-25(3,4)29-22;1-4-5-15-6-8-18(20(24)12-15)17-13-16-7-9-21-19(22(16)25-14-17)10-11-23(2,3)26-21;1-4-24-16-6-7-17(19(23)12-16)15-11-14-5-8-20-18(21(14)25-13-15)9-10-22(2,3)26-20;1-13-4-6-16(18(22)10-13)15-11-14-5-7-19-17(20(14)23-12-15)8-9-21(2,3)24-19/h7-10,15,18H,5-6,11-14,16H2,1-4H3;6-9,12,17,24H,4-5,10-11,13-14H2,1-3H3;5-8,12,15,23H,4,9-11,13H2,1-3H3;4-7,10,15,22H,8-9,11-12H2,1-3H3/t18-;17-;2*15-/m1111/s1. The fraction of sp³-hybridized carbons (Fsp3) is 0.473. The fourth-order valence-corrected chi connectivity index (χ4v) is 16.2. The molecule has 0 aromatic heterocycles. The Hall–Kier alpha value is -9.04. The lowest BCUT2D eigenvalue weighted by molar-refractivity contribution is 0.0822. The van der Waals surface area contributed by atoms with E-state index < -0.39 is 0 Å². The highest BCUT2D eigenvalue weighted by Gasteiger charge is 2.38. The zero-order valence-electron chi connectivity index (χ0n) is 64.2. The van der Waals surface area contributed by atoms with Gasteiger partial charge in [-0.05, 0) is 248 Å². The van der Waals surface area contributed by atoms with Gasteiger partial charge in [-0.1, -0.05) is 80.9 Å². The quantitative estimate of drug-likeness (QED) is 0.1000. The van der Waals surface area contributed by atoms with Crippen LogP contribution in [0.1, 0.15) is 223 Å². The molecule has 4 atom stereocenters. The van der Waals surface area contributed by atoms with Gasteiger partial charge < -0.3 is 67.4 Å². The summed E-state index contributed by atoms with van der Waals surface area (Å²) in [5.41, 5.74) is 15.6. The Morgan fingerprint density at radius 1 is 0.371 bits per heavy atom. The van der Waals surface area contributed by atoms with Crippen LogP contribution >= 0.6 is 0 Å². The maximum Gasteiger partial charge on any atom is 0.129 e. The molecule has 8 aliphatic heterocycles. The van der Waals surface area contributed by atoms with Crippen LogP contribution in [-0.2, 0) is 57.8 Å². The first-order valence-electron chi connectivity index (χ1n) is 38.7. The van der Waals surface area contributed by atoms with Crippen LogP contribution in [0.25, 0.3) is 0 Å². The third-order valence-corrected chi connectivity index (χ3v) is 21.9. The zero-order chi connectivity index (χ0) is 74.0. The van der Waals surface area contributed by atoms with Crippen LogP contribution in [-0.4, -0.2) is 84.0 Å². The predicted octanol–water partition coefficient (Wildman–Crippen LogP) is 20.0. The lowest BCUT2D eigenvalue weighted by Crippen LogP contribution is -2.33. The molecule has 0 unspecified atom stereocenters. The highest BCUT2D eigenvalue weighted by atomic mass is 16.5. The van der Waals surface area contributed by atoms with E-state index in [0.717, 1.165) is 183 Å². The van der Waals surface area contributed by atoms with Crippen molar-refractivity contribution in [2.24, 2.45) is 0 Å². The minimum Gasteiger partial charge on any atom is -0.508 e. The predicted molar refractivity (Wildman–Crippen MR) is 413 cm³/mol. The van der Waals surface area contributed by atoms with Gasteiger partial charge in [0.15, 0.2) is 0 Å². The van der Waals surface area contributed by atoms with Crippen LogP contribution in [0.15, 0.2) is 121 Å². The Bertz CT molecular complexity index is 4290. The monoisotopic (exact) mass is 1430 g/mol. The van der Waals surface area contributed by atoms with Crippen LogP contribution in [0.3, 0.4) is 0 Å². The van der Waals surface area contributed by atoms with Crippen molar-refractivity contribution in [2.75, 3.05) is 46.2 Å². The van der Waals surface area contributed by atoms with Gasteiger partial charge in [-0.15, -0.1) is 0 Å². The summed E-state index contributed by atoms with van der Waals surface area (Å²) in [6, 6.07) is 40.7. The molecule has 0 amide bonds. The number of benzene rings is 8. The molecule has 105 heavy (non-hydrogen) atoms. The number of phenolic OH excluding ortho intramolecular Hbond substituents is 3. The lowest BCUT2D eigenvalue weighted by atomic mass is 9.86. The van der Waals surface area contributed by atoms with Crippen molar-refractivity contribution in [3.05, 3.63) is 199 Å². The third kappa shape index (κ3) is 17.0. The summed E-state index contributed by atoms with van der Waals surface area (Å²) in [5.74, 6) is 12.2. The van der Waals surface area contributed by atoms with E-state index in [9.17, 15) is 15.3 Å². The molecule has 14 nitrogen and oxygen atoms in total. The van der Waals surface area contributed by atoms with Crippen LogP contribution in [0, 0.1) is 6.92 Å². The fourth-order valence-electron chi connectivity index (χ4n) is 16.2. The average molecular weight is 1430 g/mol. The Balaban J connectivity index is 0.000000124. The minimum atomic E-state index is -0.119. The number of fused-ring (bicyclic) bond motifs is 12. The van der Waals surface area contributed by atoms with Crippen molar-refractivity contribution in [3.63, 3.8) is 0 Å². The molecule has 8 aromatic carbocycles. The van der Waals surface area contributed by atoms with E-state index in [1.54, 1.807) is 6.07 Å². The molecule has 8 aliphatic rings. The summed E-state index contributed by atoms with van der Waals surface area (Å²) < 4.78 is 66.6. The largest absolute Gasteiger partial charge is 0.508 e. The molecular weight excluding hydrogens is 1320 g/mol. The molecule has 558 valence electrons. The summed E-state index contributed by atoms with van der Waals surface area (Å²) in [6.45, 7) is 31.7. The Morgan fingerprint density at radius 2 is 0.724 bits per heavy atom. The van der Waals surface area contributed by atoms with Gasteiger partial charge in [-0.25, -0.2) is 0 Å². The Labute approximate surface area is 622 Å². The van der Waals surface area contributed by atoms with Gasteiger partial charge in [0.1, 0.15) is 103 Å². The normalized spacial score (nSPS) is 20.3. The summed E-state index contributed by atoms with van der Waals surface area (Å²) in [7, 11) is 0. The maximum atomic E-state index is 10.5. The van der Waals surface area contributed by atoms with E-state index in [2.05, 4.69) is 136 Å². The van der Waals surface area contributed by atoms with E-state index in [0.29, 0.717) is 56.9 Å². The summed E-state index contributed by atoms with van der Waals surface area (Å²) in [6.07, 6.45) is 14.6. The summed E-state index contributed by atoms with van der Waals surface area (Å²) in [5, 5.41) is 31.2. The number of rotatable bonds is 13. The van der Waals surface area contributed by atoms with Gasteiger partial charge >= 0.3 is 0 Å². The van der Waals surface area contributed by atoms with Crippen molar-refractivity contribution < 1.29 is 67.4 Å². The van der Waals surface area contributed by atoms with E-state index in [4.69, 9.17) is 52.1 Å². The van der Waals surface area contributed by atoms with Gasteiger partial charge in [-0.3, -0.25) is 0 Å². The maximum absolute atomic E-state index is 10.5. The van der Waals surface area contributed by atoms with Gasteiger partial charge in [0.05, 0.1) is 46.2 Å². The van der Waals surface area contributed by atoms with Crippen LogP contribution in [0.5, 0.6) is 80.5 Å². The van der Waals surface area contributed by atoms with Crippen LogP contribution in [0.4, 0.5) is 0 Å². The number of phenols is 3. The van der Waals surface area contributed by atoms with E-state index in [1.807, 2.05) is 69.3 Å². The van der Waals surface area contributed by atoms with Gasteiger partial charge in [0.25, 0.3) is 0 Å². The number of aromatic hydroxyl groups is 3. The molecule has 0 aliphatic carbocycles. The number of hydrogen-bond acceptors (Lipinski definition) is 14. The smallest absolute Gasteiger partial charge is 0.129 e. The van der Waals surface area contributed by atoms with Crippen LogP contribution in [0.2, 0.25) is 0 Å². The molecule has 8 heterocycles. The molecule has 8 aromatic rings. The highest BCUT2D eigenvalue weighted by molar-refractivity contribution is 5.58. The van der Waals surface area contributed by atoms with Crippen molar-refractivity contribution in [1.29, 1.82) is 0 Å². The van der Waals surface area contributed by atoms with Crippen molar-refractivity contribution in [1.82, 2.24) is 0 Å². The van der Waals surface area contributed by atoms with E-state index in [1.165, 1.54) is 55.6 Å². The molecule has 0 bridgehead atoms. The van der Waals surface area contributed by atoms with Crippen LogP contribution < -0.4 is 52.1 Å². The molecular formula is C91H110O14. The first kappa shape index (κ1) is 74.2. The molecule has 0 fully saturated rings. The first-order valence-corrected chi connectivity index (χ1v) is 38.7. The van der Waals surface area contributed by atoms with Crippen molar-refractivity contribution in [3.8, 4) is 80.5 Å². The molecule has 16 rings (SSSR count). The molecule has 0 spiro atoms. The highest BCUT2D eigenvalue weighted by Crippen LogP contribution is 2.51. The number of hydrogen-bond donors (Lipinski definition) is 3. The topological polar surface area (TPSA) is 162 Å². The second-order valence-electron chi connectivity index (χ2n) is 32.3. The Kier molecular flexibility index (Phi) is 22.0. The lowest BCUT2D eigenvalue weighted by Gasteiger charge is -2.36. The first-order chi connectivity index (χ1) is 50.4. The zero-order valence-corrected chi connectivity index (χ0v) is 64.2. The van der Waals surface area contributed by atoms with E-state index in [-0.39, 0.29) is 51.8 Å². The van der Waals surface area contributed by atoms with Gasteiger partial charge in [-0.2, -0.15) is 0 Å². The molecule has 0 saturated carbocycles. The molecule has 0 radical (unpaired) electrons. The second kappa shape index (κ2) is 31.2. The van der Waals surface area contributed by atoms with E-state index >= 15 is 0 Å². The molecule has 0 saturated heterocycles. The molecule has 3 N–H and O–H groups in total. The van der Waals surface area contributed by atoms with Crippen molar-refractivity contribution in [2.45, 2.75) is 232 Å². The number of aryl methyl sites for hydroxylation is 2. The SMILES string of the molecule is CCCOc1ccc([C@H]2COc3c(ccc4c3CCC(C)(C)O4)C2)c(OCC)c1.CCCc1ccc([C@H]2COc3c(ccc4c3CCC(C)(C)O4)C2)c(O)c1.CCOc1ccc([C@H]2COc3c(ccc4c3CCC(C)(C)O4)C2)c(O)c1.Cc1ccc([C@H]2COc3c(ccc4c3CCC(C)(C)O4)C2)c(O)c1. The average Bonchev–Trinajstić information content (AvgIpc) is 0.783. The van der Waals surface area contributed by atoms with Crippen molar-refractivity contribution >= 4 is 0 Å². The van der Waals surface area contributed by atoms with Gasteiger partial charge in [0, 0.05) is 80.3 Å². The number of ether oxygens (including phenoxy) is 11. The van der Waals surface area contributed by atoms with Gasteiger partial charge in [0.2, 0.25) is 0 Å². The molecule has 14 heteroatoms. The summed E-state index contributed by atoms with van der Waals surface area (Å²) >= 11 is 0. The third-order valence-electron chi connectivity index (χ3n) is 21.9. The minimum absolute atomic E-state index is 0.105. The Morgan fingerprint density at radius 3 is 1.09 bits per heavy atom. The summed E-state index contributed by atoms with van der Waals surface area (Å²) in [4.78, 5) is 0.